The molecule has 0 radical (unpaired) electrons. The van der Waals surface area contributed by atoms with Crippen molar-refractivity contribution in [1.29, 1.82) is 0 Å². The summed E-state index contributed by atoms with van der Waals surface area (Å²) < 4.78 is 0. The third-order valence-electron chi connectivity index (χ3n) is 3.40. The number of hydrogen-bond donors (Lipinski definition) is 2. The maximum absolute atomic E-state index is 5.77. The minimum Gasteiger partial charge on any atom is -0.368 e. The summed E-state index contributed by atoms with van der Waals surface area (Å²) in [5.74, 6) is 1.56. The lowest BCUT2D eigenvalue weighted by Gasteiger charge is -2.32. The Balaban J connectivity index is 1.76. The van der Waals surface area contributed by atoms with Gasteiger partial charge in [0.1, 0.15) is 0 Å². The van der Waals surface area contributed by atoms with Crippen LogP contribution in [0.25, 0.3) is 10.8 Å². The number of aromatic nitrogens is 2. The van der Waals surface area contributed by atoms with Crippen molar-refractivity contribution in [3.63, 3.8) is 0 Å². The Morgan fingerprint density at radius 2 is 2.12 bits per heavy atom. The Hall–Kier alpha value is -1.68. The Bertz CT molecular complexity index is 514. The van der Waals surface area contributed by atoms with E-state index < -0.39 is 0 Å². The van der Waals surface area contributed by atoms with E-state index >= 15 is 0 Å². The van der Waals surface area contributed by atoms with Crippen LogP contribution in [0.5, 0.6) is 0 Å². The highest BCUT2D eigenvalue weighted by atomic mass is 15.2. The first-order valence-electron chi connectivity index (χ1n) is 6.03. The number of benzene rings is 1. The Morgan fingerprint density at radius 3 is 2.94 bits per heavy atom. The Kier molecular flexibility index (Phi) is 2.65. The first kappa shape index (κ1) is 10.5. The zero-order valence-corrected chi connectivity index (χ0v) is 9.63. The third-order valence-corrected chi connectivity index (χ3v) is 3.40. The molecule has 0 atom stereocenters. The molecule has 2 aromatic rings. The van der Waals surface area contributed by atoms with Crippen molar-refractivity contribution in [2.24, 2.45) is 11.7 Å². The van der Waals surface area contributed by atoms with Gasteiger partial charge < -0.3 is 11.1 Å². The van der Waals surface area contributed by atoms with Gasteiger partial charge in [0.2, 0.25) is 0 Å². The summed E-state index contributed by atoms with van der Waals surface area (Å²) >= 11 is 0. The molecule has 88 valence electrons. The quantitative estimate of drug-likeness (QED) is 0.840. The number of anilines is 1. The van der Waals surface area contributed by atoms with Gasteiger partial charge in [-0.1, -0.05) is 24.3 Å². The van der Waals surface area contributed by atoms with Crippen LogP contribution in [-0.4, -0.2) is 22.8 Å². The smallest absolute Gasteiger partial charge is 0.156 e. The normalized spacial score (nSPS) is 23.4. The monoisotopic (exact) mass is 228 g/mol. The summed E-state index contributed by atoms with van der Waals surface area (Å²) in [6.07, 6.45) is 4.02. The minimum atomic E-state index is 0.403. The van der Waals surface area contributed by atoms with Gasteiger partial charge in [-0.15, -0.1) is 5.10 Å². The molecule has 0 bridgehead atoms. The van der Waals surface area contributed by atoms with Crippen LogP contribution in [0.2, 0.25) is 0 Å². The predicted molar refractivity (Wildman–Crippen MR) is 68.7 cm³/mol. The van der Waals surface area contributed by atoms with Crippen LogP contribution < -0.4 is 11.1 Å². The van der Waals surface area contributed by atoms with E-state index in [1.165, 1.54) is 0 Å². The van der Waals surface area contributed by atoms with Gasteiger partial charge in [0.05, 0.1) is 6.20 Å². The largest absolute Gasteiger partial charge is 0.368 e. The molecule has 3 rings (SSSR count). The molecule has 1 aromatic heterocycles. The van der Waals surface area contributed by atoms with Crippen molar-refractivity contribution in [2.75, 3.05) is 11.9 Å². The van der Waals surface area contributed by atoms with E-state index in [4.69, 9.17) is 5.73 Å². The molecule has 1 fully saturated rings. The third kappa shape index (κ3) is 2.08. The first-order valence-corrected chi connectivity index (χ1v) is 6.03. The second-order valence-corrected chi connectivity index (χ2v) is 4.76. The lowest BCUT2D eigenvalue weighted by molar-refractivity contribution is 0.280. The van der Waals surface area contributed by atoms with Gasteiger partial charge in [-0.05, 0) is 18.8 Å². The number of nitrogens with two attached hydrogens (primary N) is 1. The van der Waals surface area contributed by atoms with Gasteiger partial charge in [0.15, 0.2) is 5.82 Å². The van der Waals surface area contributed by atoms with E-state index in [2.05, 4.69) is 27.6 Å². The first-order chi connectivity index (χ1) is 8.33. The molecule has 1 heterocycles. The minimum absolute atomic E-state index is 0.403. The Morgan fingerprint density at radius 1 is 1.29 bits per heavy atom. The molecular weight excluding hydrogens is 212 g/mol. The van der Waals surface area contributed by atoms with Gasteiger partial charge in [-0.25, -0.2) is 0 Å². The maximum Gasteiger partial charge on any atom is 0.156 e. The number of nitrogens with zero attached hydrogens (tertiary/aromatic N) is 2. The van der Waals surface area contributed by atoms with Crippen molar-refractivity contribution >= 4 is 16.6 Å². The second-order valence-electron chi connectivity index (χ2n) is 4.76. The summed E-state index contributed by atoms with van der Waals surface area (Å²) in [6.45, 7) is 0.941. The van der Waals surface area contributed by atoms with Crippen molar-refractivity contribution in [2.45, 2.75) is 18.9 Å². The standard InChI is InChI=1S/C13H16N4/c14-11-5-9(6-11)7-15-13-12-4-2-1-3-10(12)8-16-17-13/h1-4,8-9,11H,5-7,14H2,(H,15,17). The number of fused-ring (bicyclic) bond motifs is 1. The van der Waals surface area contributed by atoms with Crippen molar-refractivity contribution < 1.29 is 0 Å². The fourth-order valence-corrected chi connectivity index (χ4v) is 2.35. The van der Waals surface area contributed by atoms with Gasteiger partial charge in [-0.3, -0.25) is 0 Å². The van der Waals surface area contributed by atoms with E-state index in [0.29, 0.717) is 12.0 Å². The van der Waals surface area contributed by atoms with Crippen LogP contribution in [-0.2, 0) is 0 Å². The number of rotatable bonds is 3. The molecule has 1 aliphatic carbocycles. The van der Waals surface area contributed by atoms with Crippen LogP contribution in [0.15, 0.2) is 30.5 Å². The predicted octanol–water partition coefficient (Wildman–Crippen LogP) is 1.78. The van der Waals surface area contributed by atoms with Gasteiger partial charge in [0.25, 0.3) is 0 Å². The molecule has 0 saturated heterocycles. The zero-order valence-electron chi connectivity index (χ0n) is 9.63. The summed E-state index contributed by atoms with van der Waals surface area (Å²) in [4.78, 5) is 0. The highest BCUT2D eigenvalue weighted by molar-refractivity contribution is 5.90. The Labute approximate surface area is 100 Å². The molecule has 0 unspecified atom stereocenters. The molecule has 1 aromatic carbocycles. The molecule has 4 heteroatoms. The molecule has 0 aliphatic heterocycles. The van der Waals surface area contributed by atoms with Gasteiger partial charge in [-0.2, -0.15) is 5.10 Å². The molecule has 0 spiro atoms. The van der Waals surface area contributed by atoms with Crippen LogP contribution in [0, 0.1) is 5.92 Å². The summed E-state index contributed by atoms with van der Waals surface area (Å²) in [6, 6.07) is 8.56. The fraction of sp³-hybridized carbons (Fsp3) is 0.385. The van der Waals surface area contributed by atoms with E-state index in [1.807, 2.05) is 12.1 Å². The average molecular weight is 228 g/mol. The van der Waals surface area contributed by atoms with Crippen LogP contribution in [0.4, 0.5) is 5.82 Å². The lowest BCUT2D eigenvalue weighted by Crippen LogP contribution is -2.39. The lowest BCUT2D eigenvalue weighted by atomic mass is 9.81. The molecule has 4 nitrogen and oxygen atoms in total. The highest BCUT2D eigenvalue weighted by Gasteiger charge is 2.25. The van der Waals surface area contributed by atoms with Crippen LogP contribution >= 0.6 is 0 Å². The average Bonchev–Trinajstić information content (AvgIpc) is 2.33. The molecule has 3 N–H and O–H groups in total. The summed E-state index contributed by atoms with van der Waals surface area (Å²) in [5.41, 5.74) is 5.77. The fourth-order valence-electron chi connectivity index (χ4n) is 2.35. The van der Waals surface area contributed by atoms with E-state index in [1.54, 1.807) is 6.20 Å². The van der Waals surface area contributed by atoms with Crippen LogP contribution in [0.3, 0.4) is 0 Å². The highest BCUT2D eigenvalue weighted by Crippen LogP contribution is 2.26. The van der Waals surface area contributed by atoms with E-state index in [9.17, 15) is 0 Å². The van der Waals surface area contributed by atoms with Crippen molar-refractivity contribution in [3.8, 4) is 0 Å². The summed E-state index contributed by atoms with van der Waals surface area (Å²) in [7, 11) is 0. The van der Waals surface area contributed by atoms with Gasteiger partial charge >= 0.3 is 0 Å². The van der Waals surface area contributed by atoms with E-state index in [0.717, 1.165) is 36.0 Å². The molecular formula is C13H16N4. The zero-order chi connectivity index (χ0) is 11.7. The molecule has 1 aliphatic rings. The topological polar surface area (TPSA) is 63.8 Å². The second kappa shape index (κ2) is 4.30. The molecule has 1 saturated carbocycles. The van der Waals surface area contributed by atoms with Crippen molar-refractivity contribution in [1.82, 2.24) is 10.2 Å². The van der Waals surface area contributed by atoms with Crippen LogP contribution in [0.1, 0.15) is 12.8 Å². The number of nitrogens with one attached hydrogen (secondary N) is 1. The molecule has 0 amide bonds. The molecule has 17 heavy (non-hydrogen) atoms. The SMILES string of the molecule is NC1CC(CNc2nncc3ccccc23)C1. The van der Waals surface area contributed by atoms with Gasteiger partial charge in [0, 0.05) is 23.4 Å². The summed E-state index contributed by atoms with van der Waals surface area (Å²) in [5, 5.41) is 13.8. The number of hydrogen-bond acceptors (Lipinski definition) is 4. The van der Waals surface area contributed by atoms with Crippen molar-refractivity contribution in [3.05, 3.63) is 30.5 Å². The maximum atomic E-state index is 5.77. The van der Waals surface area contributed by atoms with E-state index in [-0.39, 0.29) is 0 Å².